The van der Waals surface area contributed by atoms with Crippen LogP contribution in [0.1, 0.15) is 38.7 Å². The van der Waals surface area contributed by atoms with Crippen molar-refractivity contribution >= 4 is 0 Å². The van der Waals surface area contributed by atoms with Crippen molar-refractivity contribution in [3.8, 4) is 17.1 Å². The van der Waals surface area contributed by atoms with Crippen LogP contribution in [-0.4, -0.2) is 21.6 Å². The molecule has 4 heteroatoms. The first-order valence-corrected chi connectivity index (χ1v) is 7.86. The van der Waals surface area contributed by atoms with E-state index in [1.807, 2.05) is 32.0 Å². The van der Waals surface area contributed by atoms with Crippen LogP contribution in [0.4, 0.5) is 0 Å². The van der Waals surface area contributed by atoms with Gasteiger partial charge in [0.2, 0.25) is 0 Å². The Morgan fingerprint density at radius 2 is 1.73 bits per heavy atom. The van der Waals surface area contributed by atoms with Crippen molar-refractivity contribution in [3.05, 3.63) is 35.9 Å². The van der Waals surface area contributed by atoms with E-state index in [-0.39, 0.29) is 0 Å². The molecule has 0 amide bonds. The maximum atomic E-state index is 5.92. The van der Waals surface area contributed by atoms with E-state index in [1.165, 1.54) is 6.42 Å². The maximum Gasteiger partial charge on any atom is 0.140 e. The van der Waals surface area contributed by atoms with E-state index in [9.17, 15) is 0 Å². The second kappa shape index (κ2) is 7.34. The number of hydrogen-bond acceptors (Lipinski definition) is 4. The summed E-state index contributed by atoms with van der Waals surface area (Å²) in [5, 5.41) is 0. The summed E-state index contributed by atoms with van der Waals surface area (Å²) in [4.78, 5) is 13.1. The molecule has 0 saturated heterocycles. The van der Waals surface area contributed by atoms with Crippen molar-refractivity contribution in [1.29, 1.82) is 0 Å². The molecule has 0 N–H and O–H groups in total. The fourth-order valence-electron chi connectivity index (χ4n) is 2.55. The zero-order chi connectivity index (χ0) is 16.1. The number of nitrogens with zero attached hydrogens (tertiary/aromatic N) is 3. The predicted molar refractivity (Wildman–Crippen MR) is 88.9 cm³/mol. The van der Waals surface area contributed by atoms with Gasteiger partial charge in [0, 0.05) is 6.20 Å². The molecule has 2 aromatic heterocycles. The van der Waals surface area contributed by atoms with Crippen LogP contribution in [0, 0.1) is 25.7 Å². The minimum absolute atomic E-state index is 0.545. The molecule has 4 nitrogen and oxygen atoms in total. The lowest BCUT2D eigenvalue weighted by Gasteiger charge is -2.16. The Bertz CT molecular complexity index is 625. The molecule has 0 saturated carbocycles. The molecule has 22 heavy (non-hydrogen) atoms. The highest BCUT2D eigenvalue weighted by Crippen LogP contribution is 2.22. The van der Waals surface area contributed by atoms with E-state index in [1.54, 1.807) is 6.20 Å². The van der Waals surface area contributed by atoms with Crippen LogP contribution in [0.15, 0.2) is 24.4 Å². The van der Waals surface area contributed by atoms with Gasteiger partial charge in [0.15, 0.2) is 0 Å². The molecule has 2 heterocycles. The Labute approximate surface area is 133 Å². The average Bonchev–Trinajstić information content (AvgIpc) is 2.45. The van der Waals surface area contributed by atoms with E-state index >= 15 is 0 Å². The van der Waals surface area contributed by atoms with Gasteiger partial charge in [-0.3, -0.25) is 0 Å². The first kappa shape index (κ1) is 16.4. The predicted octanol–water partition coefficient (Wildman–Crippen LogP) is 4.22. The minimum atomic E-state index is 0.545. The van der Waals surface area contributed by atoms with Crippen molar-refractivity contribution in [2.24, 2.45) is 11.8 Å². The van der Waals surface area contributed by atoms with Crippen LogP contribution in [0.3, 0.4) is 0 Å². The summed E-state index contributed by atoms with van der Waals surface area (Å²) in [6, 6.07) is 5.81. The van der Waals surface area contributed by atoms with Crippen LogP contribution >= 0.6 is 0 Å². The molecule has 0 aliphatic rings. The molecule has 2 rings (SSSR count). The molecule has 0 aliphatic heterocycles. The lowest BCUT2D eigenvalue weighted by Crippen LogP contribution is -2.11. The number of ether oxygens (including phenoxy) is 1. The summed E-state index contributed by atoms with van der Waals surface area (Å²) in [6.45, 7) is 11.3. The molecule has 0 radical (unpaired) electrons. The molecule has 118 valence electrons. The van der Waals surface area contributed by atoms with Gasteiger partial charge in [-0.25, -0.2) is 15.0 Å². The van der Waals surface area contributed by atoms with Crippen molar-refractivity contribution in [2.45, 2.75) is 41.0 Å². The molecule has 0 aliphatic carbocycles. The normalized spacial score (nSPS) is 12.5. The Morgan fingerprint density at radius 3 is 2.36 bits per heavy atom. The molecule has 0 fully saturated rings. The topological polar surface area (TPSA) is 47.9 Å². The van der Waals surface area contributed by atoms with Gasteiger partial charge in [-0.1, -0.05) is 20.8 Å². The standard InChI is InChI=1S/C18H25N3O/c1-12(2)10-13(3)11-22-18-7-6-16(20-14(18)4)17-8-9-19-15(5)21-17/h6-9,12-13H,10-11H2,1-5H3. The lowest BCUT2D eigenvalue weighted by atomic mass is 10.00. The number of rotatable bonds is 6. The van der Waals surface area contributed by atoms with Crippen molar-refractivity contribution < 1.29 is 4.74 Å². The highest BCUT2D eigenvalue weighted by atomic mass is 16.5. The van der Waals surface area contributed by atoms with Crippen LogP contribution < -0.4 is 4.74 Å². The molecule has 0 bridgehead atoms. The number of pyridine rings is 1. The SMILES string of the molecule is Cc1nccc(-c2ccc(OCC(C)CC(C)C)c(C)n2)n1. The van der Waals surface area contributed by atoms with Crippen LogP contribution in [0.25, 0.3) is 11.4 Å². The first-order valence-electron chi connectivity index (χ1n) is 7.86. The van der Waals surface area contributed by atoms with Crippen LogP contribution in [0.5, 0.6) is 5.75 Å². The second-order valence-electron chi connectivity index (χ2n) is 6.31. The molecular weight excluding hydrogens is 274 g/mol. The minimum Gasteiger partial charge on any atom is -0.491 e. The fraction of sp³-hybridized carbons (Fsp3) is 0.500. The molecule has 0 aromatic carbocycles. The van der Waals surface area contributed by atoms with Crippen LogP contribution in [-0.2, 0) is 0 Å². The molecular formula is C18H25N3O. The third-order valence-corrected chi connectivity index (χ3v) is 3.47. The van der Waals surface area contributed by atoms with E-state index in [4.69, 9.17) is 4.74 Å². The Morgan fingerprint density at radius 1 is 1.00 bits per heavy atom. The van der Waals surface area contributed by atoms with Gasteiger partial charge < -0.3 is 4.74 Å². The Hall–Kier alpha value is -1.97. The Balaban J connectivity index is 2.07. The van der Waals surface area contributed by atoms with E-state index < -0.39 is 0 Å². The van der Waals surface area contributed by atoms with E-state index in [0.717, 1.165) is 35.3 Å². The van der Waals surface area contributed by atoms with Gasteiger partial charge in [-0.05, 0) is 50.3 Å². The third-order valence-electron chi connectivity index (χ3n) is 3.47. The van der Waals surface area contributed by atoms with E-state index in [2.05, 4.69) is 35.7 Å². The number of aromatic nitrogens is 3. The fourth-order valence-corrected chi connectivity index (χ4v) is 2.55. The van der Waals surface area contributed by atoms with Gasteiger partial charge in [0.05, 0.1) is 23.7 Å². The van der Waals surface area contributed by atoms with Crippen molar-refractivity contribution in [2.75, 3.05) is 6.61 Å². The quantitative estimate of drug-likeness (QED) is 0.801. The average molecular weight is 299 g/mol. The third kappa shape index (κ3) is 4.52. The van der Waals surface area contributed by atoms with Crippen molar-refractivity contribution in [1.82, 2.24) is 15.0 Å². The smallest absolute Gasteiger partial charge is 0.140 e. The van der Waals surface area contributed by atoms with Gasteiger partial charge in [-0.15, -0.1) is 0 Å². The van der Waals surface area contributed by atoms with Crippen LogP contribution in [0.2, 0.25) is 0 Å². The summed E-state index contributed by atoms with van der Waals surface area (Å²) < 4.78 is 5.92. The molecule has 1 atom stereocenters. The summed E-state index contributed by atoms with van der Waals surface area (Å²) >= 11 is 0. The molecule has 1 unspecified atom stereocenters. The van der Waals surface area contributed by atoms with Gasteiger partial charge >= 0.3 is 0 Å². The summed E-state index contributed by atoms with van der Waals surface area (Å²) in [5.41, 5.74) is 2.59. The summed E-state index contributed by atoms with van der Waals surface area (Å²) in [6.07, 6.45) is 2.93. The molecule has 2 aromatic rings. The summed E-state index contributed by atoms with van der Waals surface area (Å²) in [5.74, 6) is 2.84. The lowest BCUT2D eigenvalue weighted by molar-refractivity contribution is 0.237. The van der Waals surface area contributed by atoms with E-state index in [0.29, 0.717) is 11.8 Å². The number of hydrogen-bond donors (Lipinski definition) is 0. The Kier molecular flexibility index (Phi) is 5.47. The second-order valence-corrected chi connectivity index (χ2v) is 6.31. The van der Waals surface area contributed by atoms with Crippen molar-refractivity contribution in [3.63, 3.8) is 0 Å². The first-order chi connectivity index (χ1) is 10.5. The highest BCUT2D eigenvalue weighted by molar-refractivity contribution is 5.55. The largest absolute Gasteiger partial charge is 0.491 e. The van der Waals surface area contributed by atoms with Gasteiger partial charge in [0.25, 0.3) is 0 Å². The zero-order valence-electron chi connectivity index (χ0n) is 14.1. The summed E-state index contributed by atoms with van der Waals surface area (Å²) in [7, 11) is 0. The monoisotopic (exact) mass is 299 g/mol. The number of aryl methyl sites for hydroxylation is 2. The van der Waals surface area contributed by atoms with Gasteiger partial charge in [0.1, 0.15) is 11.6 Å². The zero-order valence-corrected chi connectivity index (χ0v) is 14.1. The van der Waals surface area contributed by atoms with Gasteiger partial charge in [-0.2, -0.15) is 0 Å². The molecule has 0 spiro atoms. The highest BCUT2D eigenvalue weighted by Gasteiger charge is 2.09. The maximum absolute atomic E-state index is 5.92.